The van der Waals surface area contributed by atoms with Crippen molar-refractivity contribution in [3.8, 4) is 0 Å². The van der Waals surface area contributed by atoms with Crippen LogP contribution in [0.5, 0.6) is 0 Å². The van der Waals surface area contributed by atoms with E-state index in [1.165, 1.54) is 16.1 Å². The number of fused-ring (bicyclic) bond motifs is 1. The SMILES string of the molecule is O=C(CSc1nc2ccccc2[nH]1)N1CCN(S(=O)(=O)c2ccc(F)c(F)c2)CC1. The van der Waals surface area contributed by atoms with Gasteiger partial charge >= 0.3 is 0 Å². The van der Waals surface area contributed by atoms with Crippen molar-refractivity contribution < 1.29 is 22.0 Å². The van der Waals surface area contributed by atoms with Crippen molar-refractivity contribution in [1.82, 2.24) is 19.2 Å². The Labute approximate surface area is 176 Å². The highest BCUT2D eigenvalue weighted by atomic mass is 32.2. The summed E-state index contributed by atoms with van der Waals surface area (Å²) in [6, 6.07) is 10.1. The van der Waals surface area contributed by atoms with E-state index in [1.54, 1.807) is 4.90 Å². The second-order valence-electron chi connectivity index (χ2n) is 6.71. The number of para-hydroxylation sites is 2. The zero-order chi connectivity index (χ0) is 21.3. The van der Waals surface area contributed by atoms with Gasteiger partial charge in [-0.3, -0.25) is 4.79 Å². The van der Waals surface area contributed by atoms with E-state index in [0.717, 1.165) is 23.2 Å². The lowest BCUT2D eigenvalue weighted by atomic mass is 10.3. The van der Waals surface area contributed by atoms with E-state index in [-0.39, 0.29) is 42.7 Å². The number of imidazole rings is 1. The average Bonchev–Trinajstić information content (AvgIpc) is 3.17. The second-order valence-corrected chi connectivity index (χ2v) is 9.61. The summed E-state index contributed by atoms with van der Waals surface area (Å²) in [7, 11) is -3.95. The first kappa shape index (κ1) is 20.8. The third-order valence-electron chi connectivity index (χ3n) is 4.82. The molecule has 0 unspecified atom stereocenters. The lowest BCUT2D eigenvalue weighted by Crippen LogP contribution is -2.51. The molecule has 1 N–H and O–H groups in total. The summed E-state index contributed by atoms with van der Waals surface area (Å²) in [4.78, 5) is 21.3. The number of aromatic nitrogens is 2. The summed E-state index contributed by atoms with van der Waals surface area (Å²) in [5, 5.41) is 0.643. The summed E-state index contributed by atoms with van der Waals surface area (Å²) >= 11 is 1.29. The molecule has 30 heavy (non-hydrogen) atoms. The quantitative estimate of drug-likeness (QED) is 0.601. The Bertz CT molecular complexity index is 1160. The number of nitrogens with one attached hydrogen (secondary N) is 1. The molecule has 1 amide bonds. The zero-order valence-corrected chi connectivity index (χ0v) is 17.3. The first-order chi connectivity index (χ1) is 14.3. The first-order valence-corrected chi connectivity index (χ1v) is 11.6. The second kappa shape index (κ2) is 8.32. The molecule has 3 aromatic rings. The monoisotopic (exact) mass is 452 g/mol. The van der Waals surface area contributed by atoms with Gasteiger partial charge in [-0.05, 0) is 30.3 Å². The summed E-state index contributed by atoms with van der Waals surface area (Å²) in [5.74, 6) is -2.26. The Hall–Kier alpha value is -2.50. The fraction of sp³-hybridized carbons (Fsp3) is 0.263. The lowest BCUT2D eigenvalue weighted by molar-refractivity contribution is -0.129. The van der Waals surface area contributed by atoms with Crippen LogP contribution in [0.1, 0.15) is 0 Å². The Kier molecular flexibility index (Phi) is 5.76. The molecule has 0 radical (unpaired) electrons. The van der Waals surface area contributed by atoms with E-state index in [9.17, 15) is 22.0 Å². The Morgan fingerprint density at radius 1 is 1.07 bits per heavy atom. The van der Waals surface area contributed by atoms with Crippen molar-refractivity contribution in [1.29, 1.82) is 0 Å². The number of benzene rings is 2. The summed E-state index contributed by atoms with van der Waals surface area (Å²) < 4.78 is 53.0. The number of hydrogen-bond donors (Lipinski definition) is 1. The number of sulfonamides is 1. The third-order valence-corrected chi connectivity index (χ3v) is 7.57. The van der Waals surface area contributed by atoms with Gasteiger partial charge in [-0.1, -0.05) is 23.9 Å². The van der Waals surface area contributed by atoms with Gasteiger partial charge in [0.2, 0.25) is 15.9 Å². The number of amides is 1. The van der Waals surface area contributed by atoms with Crippen LogP contribution in [-0.2, 0) is 14.8 Å². The fourth-order valence-corrected chi connectivity index (χ4v) is 5.41. The maximum absolute atomic E-state index is 13.4. The number of aromatic amines is 1. The molecular weight excluding hydrogens is 434 g/mol. The van der Waals surface area contributed by atoms with E-state index >= 15 is 0 Å². The number of halogens is 2. The minimum atomic E-state index is -3.95. The Balaban J connectivity index is 1.34. The molecule has 4 rings (SSSR count). The third kappa shape index (κ3) is 4.18. The van der Waals surface area contributed by atoms with Gasteiger partial charge in [0.1, 0.15) is 0 Å². The average molecular weight is 453 g/mol. The van der Waals surface area contributed by atoms with Crippen LogP contribution in [-0.4, -0.2) is 65.4 Å². The largest absolute Gasteiger partial charge is 0.339 e. The van der Waals surface area contributed by atoms with Crippen molar-refractivity contribution in [2.75, 3.05) is 31.9 Å². The van der Waals surface area contributed by atoms with Crippen LogP contribution >= 0.6 is 11.8 Å². The summed E-state index contributed by atoms with van der Waals surface area (Å²) in [6.07, 6.45) is 0. The number of nitrogens with zero attached hydrogens (tertiary/aromatic N) is 3. The molecule has 0 atom stereocenters. The standard InChI is InChI=1S/C19H18F2N4O3S2/c20-14-6-5-13(11-15(14)21)30(27,28)25-9-7-24(8-10-25)18(26)12-29-19-22-16-3-1-2-4-17(16)23-19/h1-6,11H,7-10,12H2,(H,22,23). The lowest BCUT2D eigenvalue weighted by Gasteiger charge is -2.34. The van der Waals surface area contributed by atoms with Crippen LogP contribution in [0.25, 0.3) is 11.0 Å². The molecule has 1 aliphatic rings. The van der Waals surface area contributed by atoms with Gasteiger partial charge in [-0.25, -0.2) is 22.2 Å². The molecule has 1 aliphatic heterocycles. The van der Waals surface area contributed by atoms with Gasteiger partial charge in [0.15, 0.2) is 16.8 Å². The molecule has 2 heterocycles. The van der Waals surface area contributed by atoms with Crippen LogP contribution in [0.3, 0.4) is 0 Å². The van der Waals surface area contributed by atoms with E-state index in [4.69, 9.17) is 0 Å². The summed E-state index contributed by atoms with van der Waals surface area (Å²) in [6.45, 7) is 0.621. The van der Waals surface area contributed by atoms with Crippen molar-refractivity contribution in [2.24, 2.45) is 0 Å². The number of thioether (sulfide) groups is 1. The molecule has 0 saturated carbocycles. The number of piperazine rings is 1. The molecule has 1 aromatic heterocycles. The van der Waals surface area contributed by atoms with E-state index in [2.05, 4.69) is 9.97 Å². The smallest absolute Gasteiger partial charge is 0.243 e. The van der Waals surface area contributed by atoms with Crippen LogP contribution in [0.2, 0.25) is 0 Å². The van der Waals surface area contributed by atoms with Crippen molar-refractivity contribution in [3.05, 3.63) is 54.1 Å². The van der Waals surface area contributed by atoms with Crippen molar-refractivity contribution in [3.63, 3.8) is 0 Å². The zero-order valence-electron chi connectivity index (χ0n) is 15.7. The van der Waals surface area contributed by atoms with Gasteiger partial charge in [0, 0.05) is 26.2 Å². The normalized spacial score (nSPS) is 15.6. The number of H-pyrrole nitrogens is 1. The molecule has 1 fully saturated rings. The fourth-order valence-electron chi connectivity index (χ4n) is 3.18. The van der Waals surface area contributed by atoms with Crippen LogP contribution in [0.15, 0.2) is 52.5 Å². The van der Waals surface area contributed by atoms with Gasteiger partial charge < -0.3 is 9.88 Å². The number of hydrogen-bond acceptors (Lipinski definition) is 5. The van der Waals surface area contributed by atoms with Gasteiger partial charge in [0.25, 0.3) is 0 Å². The minimum Gasteiger partial charge on any atom is -0.339 e. The highest BCUT2D eigenvalue weighted by Crippen LogP contribution is 2.22. The molecule has 2 aromatic carbocycles. The maximum atomic E-state index is 13.4. The van der Waals surface area contributed by atoms with Crippen LogP contribution < -0.4 is 0 Å². The molecule has 0 spiro atoms. The van der Waals surface area contributed by atoms with Gasteiger partial charge in [-0.15, -0.1) is 0 Å². The summed E-state index contributed by atoms with van der Waals surface area (Å²) in [5.41, 5.74) is 1.71. The predicted octanol–water partition coefficient (Wildman–Crippen LogP) is 2.47. The highest BCUT2D eigenvalue weighted by Gasteiger charge is 2.30. The molecule has 1 saturated heterocycles. The van der Waals surface area contributed by atoms with Gasteiger partial charge in [-0.2, -0.15) is 4.31 Å². The van der Waals surface area contributed by atoms with Gasteiger partial charge in [0.05, 0.1) is 21.7 Å². The molecule has 7 nitrogen and oxygen atoms in total. The number of carbonyl (C=O) groups excluding carboxylic acids is 1. The topological polar surface area (TPSA) is 86.4 Å². The predicted molar refractivity (Wildman–Crippen MR) is 109 cm³/mol. The number of rotatable bonds is 5. The van der Waals surface area contributed by atoms with E-state index in [0.29, 0.717) is 11.2 Å². The van der Waals surface area contributed by atoms with E-state index < -0.39 is 21.7 Å². The molecular formula is C19H18F2N4O3S2. The minimum absolute atomic E-state index is 0.0857. The van der Waals surface area contributed by atoms with Crippen LogP contribution in [0.4, 0.5) is 8.78 Å². The molecule has 158 valence electrons. The van der Waals surface area contributed by atoms with Crippen molar-refractivity contribution >= 4 is 38.7 Å². The number of carbonyl (C=O) groups is 1. The Morgan fingerprint density at radius 2 is 1.80 bits per heavy atom. The highest BCUT2D eigenvalue weighted by molar-refractivity contribution is 7.99. The van der Waals surface area contributed by atoms with Crippen molar-refractivity contribution in [2.45, 2.75) is 10.1 Å². The molecule has 0 aliphatic carbocycles. The van der Waals surface area contributed by atoms with Crippen LogP contribution in [0, 0.1) is 11.6 Å². The first-order valence-electron chi connectivity index (χ1n) is 9.15. The maximum Gasteiger partial charge on any atom is 0.243 e. The Morgan fingerprint density at radius 3 is 2.50 bits per heavy atom. The molecule has 11 heteroatoms. The van der Waals surface area contributed by atoms with E-state index in [1.807, 2.05) is 24.3 Å². The molecule has 0 bridgehead atoms.